The Morgan fingerprint density at radius 2 is 1.77 bits per heavy atom. The maximum absolute atomic E-state index is 13.2. The van der Waals surface area contributed by atoms with Gasteiger partial charge in [0.05, 0.1) is 12.5 Å². The third-order valence-corrected chi connectivity index (χ3v) is 4.88. The molecule has 138 valence electrons. The summed E-state index contributed by atoms with van der Waals surface area (Å²) in [6, 6.07) is 11.5. The highest BCUT2D eigenvalue weighted by Crippen LogP contribution is 2.36. The van der Waals surface area contributed by atoms with Crippen LogP contribution < -0.4 is 0 Å². The van der Waals surface area contributed by atoms with Gasteiger partial charge in [0.25, 0.3) is 0 Å². The van der Waals surface area contributed by atoms with E-state index in [4.69, 9.17) is 4.74 Å². The van der Waals surface area contributed by atoms with Crippen molar-refractivity contribution in [3.8, 4) is 0 Å². The van der Waals surface area contributed by atoms with E-state index >= 15 is 0 Å². The number of carbonyl (C=O) groups is 2. The van der Waals surface area contributed by atoms with Crippen LogP contribution in [0.25, 0.3) is 10.8 Å². The predicted molar refractivity (Wildman–Crippen MR) is 98.6 cm³/mol. The first-order chi connectivity index (χ1) is 12.2. The third kappa shape index (κ3) is 3.59. The number of methoxy groups -OCH3 is 1. The average molecular weight is 357 g/mol. The van der Waals surface area contributed by atoms with Crippen LogP contribution in [-0.2, 0) is 9.53 Å². The second kappa shape index (κ2) is 7.64. The molecular weight excluding hydrogens is 334 g/mol. The molecule has 2 rings (SSSR count). The summed E-state index contributed by atoms with van der Waals surface area (Å²) in [5.74, 6) is -2.19. The van der Waals surface area contributed by atoms with Crippen molar-refractivity contribution in [3.63, 3.8) is 0 Å². The van der Waals surface area contributed by atoms with E-state index < -0.39 is 34.1 Å². The third-order valence-electron chi connectivity index (χ3n) is 4.88. The number of hydrogen-bond donors (Lipinski definition) is 0. The van der Waals surface area contributed by atoms with E-state index in [1.165, 1.54) is 21.0 Å². The molecule has 0 aliphatic rings. The number of esters is 1. The molecule has 6 heteroatoms. The number of nitro groups is 1. The van der Waals surface area contributed by atoms with Gasteiger partial charge in [0.2, 0.25) is 6.04 Å². The number of rotatable bonds is 7. The first-order valence-corrected chi connectivity index (χ1v) is 8.49. The van der Waals surface area contributed by atoms with Crippen molar-refractivity contribution < 1.29 is 19.2 Å². The Morgan fingerprint density at radius 1 is 1.15 bits per heavy atom. The molecule has 2 aromatic rings. The smallest absolute Gasteiger partial charge is 0.312 e. The van der Waals surface area contributed by atoms with Crippen LogP contribution in [0.3, 0.4) is 0 Å². The van der Waals surface area contributed by atoms with Gasteiger partial charge in [-0.2, -0.15) is 0 Å². The van der Waals surface area contributed by atoms with Crippen molar-refractivity contribution in [1.82, 2.24) is 0 Å². The molecule has 0 fully saturated rings. The van der Waals surface area contributed by atoms with Gasteiger partial charge in [0.15, 0.2) is 5.78 Å². The molecule has 0 spiro atoms. The lowest BCUT2D eigenvalue weighted by atomic mass is 9.70. The van der Waals surface area contributed by atoms with Gasteiger partial charge in [-0.15, -0.1) is 0 Å². The molecule has 2 atom stereocenters. The van der Waals surface area contributed by atoms with Crippen molar-refractivity contribution in [1.29, 1.82) is 0 Å². The van der Waals surface area contributed by atoms with Crippen LogP contribution in [0, 0.1) is 21.4 Å². The number of hydrogen-bond acceptors (Lipinski definition) is 5. The second-order valence-corrected chi connectivity index (χ2v) is 6.88. The molecule has 0 radical (unpaired) electrons. The minimum atomic E-state index is -1.33. The van der Waals surface area contributed by atoms with Gasteiger partial charge in [-0.05, 0) is 30.7 Å². The fraction of sp³-hybridized carbons (Fsp3) is 0.400. The average Bonchev–Trinajstić information content (AvgIpc) is 2.63. The Bertz CT molecular complexity index is 843. The largest absolute Gasteiger partial charge is 0.469 e. The monoisotopic (exact) mass is 357 g/mol. The zero-order chi connectivity index (χ0) is 19.5. The molecule has 0 N–H and O–H groups in total. The quantitative estimate of drug-likeness (QED) is 0.325. The highest BCUT2D eigenvalue weighted by molar-refractivity contribution is 6.03. The molecule has 0 bridgehead atoms. The van der Waals surface area contributed by atoms with E-state index in [1.54, 1.807) is 25.1 Å². The van der Waals surface area contributed by atoms with Gasteiger partial charge in [0.1, 0.15) is 5.92 Å². The Labute approximate surface area is 152 Å². The summed E-state index contributed by atoms with van der Waals surface area (Å²) in [5, 5.41) is 13.4. The van der Waals surface area contributed by atoms with Crippen LogP contribution in [0.1, 0.15) is 37.6 Å². The van der Waals surface area contributed by atoms with Crippen LogP contribution in [0.15, 0.2) is 42.5 Å². The van der Waals surface area contributed by atoms with Crippen molar-refractivity contribution >= 4 is 22.5 Å². The van der Waals surface area contributed by atoms with Gasteiger partial charge < -0.3 is 4.74 Å². The topological polar surface area (TPSA) is 86.5 Å². The number of ketones is 1. The summed E-state index contributed by atoms with van der Waals surface area (Å²) in [7, 11) is 1.22. The molecular formula is C20H23NO5. The maximum Gasteiger partial charge on any atom is 0.312 e. The Balaban J connectivity index is 2.57. The van der Waals surface area contributed by atoms with Gasteiger partial charge in [-0.25, -0.2) is 0 Å². The lowest BCUT2D eigenvalue weighted by molar-refractivity contribution is -0.532. The van der Waals surface area contributed by atoms with Crippen LogP contribution >= 0.6 is 0 Å². The molecule has 0 saturated heterocycles. The lowest BCUT2D eigenvalue weighted by Gasteiger charge is -2.32. The fourth-order valence-electron chi connectivity index (χ4n) is 3.40. The van der Waals surface area contributed by atoms with Crippen LogP contribution in [0.2, 0.25) is 0 Å². The molecule has 0 aromatic heterocycles. The molecule has 2 aromatic carbocycles. The minimum Gasteiger partial charge on any atom is -0.469 e. The molecule has 0 heterocycles. The van der Waals surface area contributed by atoms with E-state index in [9.17, 15) is 19.7 Å². The normalized spacial score (nSPS) is 13.8. The molecule has 0 aliphatic carbocycles. The van der Waals surface area contributed by atoms with E-state index in [0.717, 1.165) is 10.8 Å². The van der Waals surface area contributed by atoms with Gasteiger partial charge in [0, 0.05) is 16.9 Å². The Hall–Kier alpha value is -2.76. The van der Waals surface area contributed by atoms with Crippen LogP contribution in [0.5, 0.6) is 0 Å². The number of ether oxygens (including phenoxy) is 1. The van der Waals surface area contributed by atoms with Crippen molar-refractivity contribution in [2.45, 2.75) is 33.2 Å². The molecule has 0 aliphatic heterocycles. The van der Waals surface area contributed by atoms with Crippen LogP contribution in [-0.4, -0.2) is 29.8 Å². The number of nitrogens with zero attached hydrogens (tertiary/aromatic N) is 1. The highest BCUT2D eigenvalue weighted by Gasteiger charge is 2.51. The van der Waals surface area contributed by atoms with Crippen LogP contribution in [0.4, 0.5) is 0 Å². The van der Waals surface area contributed by atoms with E-state index in [1.807, 2.05) is 24.3 Å². The fourth-order valence-corrected chi connectivity index (χ4v) is 3.40. The summed E-state index contributed by atoms with van der Waals surface area (Å²) >= 11 is 0. The maximum atomic E-state index is 13.2. The summed E-state index contributed by atoms with van der Waals surface area (Å²) < 4.78 is 4.81. The lowest BCUT2D eigenvalue weighted by Crippen LogP contribution is -2.48. The van der Waals surface area contributed by atoms with Gasteiger partial charge in [-0.3, -0.25) is 19.7 Å². The number of Topliss-reactive ketones (excluding diaryl/α,β-unsaturated/α-hetero) is 1. The molecule has 0 saturated carbocycles. The summed E-state index contributed by atoms with van der Waals surface area (Å²) in [6.07, 6.45) is 0.136. The van der Waals surface area contributed by atoms with E-state index in [0.29, 0.717) is 5.56 Å². The van der Waals surface area contributed by atoms with Gasteiger partial charge in [-0.1, -0.05) is 43.3 Å². The molecule has 2 unspecified atom stereocenters. The Kier molecular flexibility index (Phi) is 5.75. The minimum absolute atomic E-state index is 0.136. The zero-order valence-electron chi connectivity index (χ0n) is 15.4. The molecule has 26 heavy (non-hydrogen) atoms. The summed E-state index contributed by atoms with van der Waals surface area (Å²) in [6.45, 7) is 4.69. The number of carbonyl (C=O) groups excluding carboxylic acids is 2. The predicted octanol–water partition coefficient (Wildman–Crippen LogP) is 3.89. The van der Waals surface area contributed by atoms with Crippen molar-refractivity contribution in [3.05, 3.63) is 58.1 Å². The summed E-state index contributed by atoms with van der Waals surface area (Å²) in [5.41, 5.74) is -0.975. The second-order valence-electron chi connectivity index (χ2n) is 6.88. The number of benzene rings is 2. The van der Waals surface area contributed by atoms with Crippen molar-refractivity contribution in [2.75, 3.05) is 7.11 Å². The first-order valence-electron chi connectivity index (χ1n) is 8.49. The SMILES string of the molecule is CCC(C(C(=O)c1ccc2ccccc2c1)C(C)(C)C(=O)OC)[N+](=O)[O-]. The number of fused-ring (bicyclic) bond motifs is 1. The zero-order valence-corrected chi connectivity index (χ0v) is 15.4. The molecule has 6 nitrogen and oxygen atoms in total. The van der Waals surface area contributed by atoms with Gasteiger partial charge >= 0.3 is 5.97 Å². The Morgan fingerprint density at radius 3 is 2.31 bits per heavy atom. The van der Waals surface area contributed by atoms with E-state index in [2.05, 4.69) is 0 Å². The standard InChI is InChI=1S/C20H23NO5/c1-5-16(21(24)25)17(20(2,3)19(23)26-4)18(22)15-11-10-13-8-6-7-9-14(13)12-15/h6-12,16-17H,5H2,1-4H3. The molecule has 0 amide bonds. The van der Waals surface area contributed by atoms with Crippen molar-refractivity contribution in [2.24, 2.45) is 11.3 Å². The summed E-state index contributed by atoms with van der Waals surface area (Å²) in [4.78, 5) is 36.6. The first kappa shape index (κ1) is 19.6. The van der Waals surface area contributed by atoms with E-state index in [-0.39, 0.29) is 6.42 Å². The highest BCUT2D eigenvalue weighted by atomic mass is 16.6.